The van der Waals surface area contributed by atoms with Gasteiger partial charge in [0.2, 0.25) is 0 Å². The third-order valence-electron chi connectivity index (χ3n) is 4.82. The maximum absolute atomic E-state index is 12.0. The minimum absolute atomic E-state index is 0.127. The molecule has 0 saturated heterocycles. The van der Waals surface area contributed by atoms with Gasteiger partial charge in [-0.3, -0.25) is 0 Å². The smallest absolute Gasteiger partial charge is 0.434 e. The van der Waals surface area contributed by atoms with Crippen LogP contribution in [0.4, 0.5) is 4.79 Å². The van der Waals surface area contributed by atoms with Gasteiger partial charge >= 0.3 is 6.16 Å². The van der Waals surface area contributed by atoms with Crippen LogP contribution in [0, 0.1) is 11.3 Å². The summed E-state index contributed by atoms with van der Waals surface area (Å²) in [4.78, 5) is 12.0. The van der Waals surface area contributed by atoms with Crippen molar-refractivity contribution in [3.8, 4) is 0 Å². The Labute approximate surface area is 148 Å². The fourth-order valence-electron chi connectivity index (χ4n) is 1.93. The first-order chi connectivity index (χ1) is 10.5. The zero-order valence-electron chi connectivity index (χ0n) is 17.3. The normalized spacial score (nSPS) is 15.1. The summed E-state index contributed by atoms with van der Waals surface area (Å²) in [6.07, 6.45) is -0.344. The molecule has 0 aromatic carbocycles. The SMILES string of the molecule is CC(COC(C)(C)C)C(C)(C)C(C)(C)OC(=O)OCCC(C)(C)O. The number of hydrogen-bond acceptors (Lipinski definition) is 5. The molecule has 0 fully saturated rings. The van der Waals surface area contributed by atoms with Crippen LogP contribution in [0.3, 0.4) is 0 Å². The average Bonchev–Trinajstić information content (AvgIpc) is 2.32. The van der Waals surface area contributed by atoms with Crippen LogP contribution in [-0.2, 0) is 14.2 Å². The van der Waals surface area contributed by atoms with Crippen molar-refractivity contribution in [1.82, 2.24) is 0 Å². The Bertz CT molecular complexity index is 399. The highest BCUT2D eigenvalue weighted by Gasteiger charge is 2.45. The second-order valence-electron chi connectivity index (χ2n) is 9.32. The van der Waals surface area contributed by atoms with Gasteiger partial charge in [0.25, 0.3) is 0 Å². The van der Waals surface area contributed by atoms with Crippen LogP contribution in [0.2, 0.25) is 0 Å². The molecule has 0 heterocycles. The summed E-state index contributed by atoms with van der Waals surface area (Å²) < 4.78 is 16.5. The lowest BCUT2D eigenvalue weighted by Gasteiger charge is -2.45. The molecule has 0 saturated carbocycles. The number of carbonyl (C=O) groups excluding carboxylic acids is 1. The molecule has 0 spiro atoms. The second kappa shape index (κ2) is 8.05. The number of aliphatic hydroxyl groups is 1. The predicted molar refractivity (Wildman–Crippen MR) is 96.1 cm³/mol. The molecule has 5 heteroatoms. The molecule has 0 radical (unpaired) electrons. The second-order valence-corrected chi connectivity index (χ2v) is 9.32. The van der Waals surface area contributed by atoms with Crippen LogP contribution in [0.5, 0.6) is 0 Å². The molecule has 0 aromatic rings. The number of hydrogen-bond donors (Lipinski definition) is 1. The number of rotatable bonds is 8. The van der Waals surface area contributed by atoms with E-state index in [1.807, 2.05) is 34.6 Å². The van der Waals surface area contributed by atoms with Crippen molar-refractivity contribution in [1.29, 1.82) is 0 Å². The van der Waals surface area contributed by atoms with Gasteiger partial charge in [0.05, 0.1) is 24.4 Å². The lowest BCUT2D eigenvalue weighted by molar-refractivity contribution is -0.122. The Kier molecular flexibility index (Phi) is 7.77. The van der Waals surface area contributed by atoms with Crippen molar-refractivity contribution >= 4 is 6.16 Å². The maximum atomic E-state index is 12.0. The van der Waals surface area contributed by atoms with Gasteiger partial charge in [0, 0.05) is 11.8 Å². The average molecular weight is 347 g/mol. The van der Waals surface area contributed by atoms with Crippen molar-refractivity contribution in [3.63, 3.8) is 0 Å². The quantitative estimate of drug-likeness (QED) is 0.653. The van der Waals surface area contributed by atoms with E-state index < -0.39 is 17.4 Å². The van der Waals surface area contributed by atoms with E-state index in [4.69, 9.17) is 14.2 Å². The molecule has 0 aliphatic heterocycles. The van der Waals surface area contributed by atoms with Crippen LogP contribution < -0.4 is 0 Å². The molecule has 1 atom stereocenters. The largest absolute Gasteiger partial charge is 0.508 e. The molecule has 24 heavy (non-hydrogen) atoms. The van der Waals surface area contributed by atoms with Crippen LogP contribution in [0.1, 0.15) is 75.7 Å². The van der Waals surface area contributed by atoms with Gasteiger partial charge in [-0.25, -0.2) is 4.79 Å². The molecule has 5 nitrogen and oxygen atoms in total. The molecular weight excluding hydrogens is 308 g/mol. The summed E-state index contributed by atoms with van der Waals surface area (Å²) in [5, 5.41) is 9.64. The lowest BCUT2D eigenvalue weighted by Crippen LogP contribution is -2.48. The van der Waals surface area contributed by atoms with Crippen LogP contribution in [0.25, 0.3) is 0 Å². The highest BCUT2D eigenvalue weighted by molar-refractivity contribution is 5.60. The standard InChI is InChI=1S/C19H38O5/c1-14(13-23-16(2,3)4)18(7,8)19(9,10)24-15(20)22-12-11-17(5,6)21/h14,21H,11-13H2,1-10H3. The molecule has 0 rings (SSSR count). The molecule has 1 unspecified atom stereocenters. The summed E-state index contributed by atoms with van der Waals surface area (Å²) in [6, 6.07) is 0. The minimum atomic E-state index is -0.867. The van der Waals surface area contributed by atoms with Crippen molar-refractivity contribution < 1.29 is 24.1 Å². The molecule has 0 aromatic heterocycles. The molecule has 0 amide bonds. The maximum Gasteiger partial charge on any atom is 0.508 e. The first-order valence-electron chi connectivity index (χ1n) is 8.70. The third kappa shape index (κ3) is 8.34. The zero-order valence-corrected chi connectivity index (χ0v) is 17.3. The van der Waals surface area contributed by atoms with E-state index in [1.54, 1.807) is 13.8 Å². The molecular formula is C19H38O5. The van der Waals surface area contributed by atoms with Crippen molar-refractivity contribution in [3.05, 3.63) is 0 Å². The Morgan fingerprint density at radius 1 is 1.00 bits per heavy atom. The first kappa shape index (κ1) is 23.2. The van der Waals surface area contributed by atoms with Crippen LogP contribution in [-0.4, -0.2) is 41.3 Å². The Hall–Kier alpha value is -0.810. The molecule has 0 aliphatic rings. The van der Waals surface area contributed by atoms with Gasteiger partial charge < -0.3 is 19.3 Å². The summed E-state index contributed by atoms with van der Waals surface area (Å²) in [5.41, 5.74) is -2.10. The molecule has 0 bridgehead atoms. The summed E-state index contributed by atoms with van der Waals surface area (Å²) in [5.74, 6) is 0.177. The van der Waals surface area contributed by atoms with E-state index in [1.165, 1.54) is 0 Å². The van der Waals surface area contributed by atoms with E-state index in [0.717, 1.165) is 0 Å². The van der Waals surface area contributed by atoms with E-state index in [-0.39, 0.29) is 23.5 Å². The summed E-state index contributed by atoms with van der Waals surface area (Å²) >= 11 is 0. The van der Waals surface area contributed by atoms with E-state index >= 15 is 0 Å². The van der Waals surface area contributed by atoms with Crippen LogP contribution in [0.15, 0.2) is 0 Å². The lowest BCUT2D eigenvalue weighted by atomic mass is 9.68. The van der Waals surface area contributed by atoms with Gasteiger partial charge in [-0.2, -0.15) is 0 Å². The highest BCUT2D eigenvalue weighted by Crippen LogP contribution is 2.41. The predicted octanol–water partition coefficient (Wildman–Crippen LogP) is 4.56. The molecule has 1 N–H and O–H groups in total. The Morgan fingerprint density at radius 3 is 1.92 bits per heavy atom. The monoisotopic (exact) mass is 346 g/mol. The Morgan fingerprint density at radius 2 is 1.50 bits per heavy atom. The Balaban J connectivity index is 4.68. The third-order valence-corrected chi connectivity index (χ3v) is 4.82. The topological polar surface area (TPSA) is 65.0 Å². The van der Waals surface area contributed by atoms with E-state index in [0.29, 0.717) is 13.0 Å². The fourth-order valence-corrected chi connectivity index (χ4v) is 1.93. The van der Waals surface area contributed by atoms with Gasteiger partial charge in [-0.15, -0.1) is 0 Å². The van der Waals surface area contributed by atoms with Gasteiger partial charge in [-0.05, 0) is 54.4 Å². The zero-order chi connectivity index (χ0) is 19.4. The van der Waals surface area contributed by atoms with Crippen molar-refractivity contribution in [2.24, 2.45) is 11.3 Å². The van der Waals surface area contributed by atoms with Gasteiger partial charge in [0.15, 0.2) is 0 Å². The number of ether oxygens (including phenoxy) is 3. The van der Waals surface area contributed by atoms with Crippen molar-refractivity contribution in [2.75, 3.05) is 13.2 Å². The van der Waals surface area contributed by atoms with Gasteiger partial charge in [-0.1, -0.05) is 20.8 Å². The van der Waals surface area contributed by atoms with E-state index in [2.05, 4.69) is 20.8 Å². The molecule has 144 valence electrons. The fraction of sp³-hybridized carbons (Fsp3) is 0.947. The molecule has 0 aliphatic carbocycles. The summed E-state index contributed by atoms with van der Waals surface area (Å²) in [7, 11) is 0. The summed E-state index contributed by atoms with van der Waals surface area (Å²) in [6.45, 7) is 20.1. The van der Waals surface area contributed by atoms with Crippen molar-refractivity contribution in [2.45, 2.75) is 92.5 Å². The van der Waals surface area contributed by atoms with Gasteiger partial charge in [0.1, 0.15) is 5.60 Å². The highest BCUT2D eigenvalue weighted by atomic mass is 16.7. The van der Waals surface area contributed by atoms with E-state index in [9.17, 15) is 9.90 Å². The first-order valence-corrected chi connectivity index (χ1v) is 8.70. The number of carbonyl (C=O) groups is 1. The van der Waals surface area contributed by atoms with Crippen LogP contribution >= 0.6 is 0 Å². The minimum Gasteiger partial charge on any atom is -0.434 e.